The standard InChI is InChI=1S/C28H31F4N5O/c1-4-37-14-10-19(16-37)27(38)33-12-6-7-20-15-22-21(26(34-20)18(2)28(30,31)32)8-5-9-24(22)35-25-11-13-36(3)17-23(25)29/h5-10,14-16,23,25,35H,2,4,11-13,17H2,1,3H3,(H,33,38)/b7-6+/t23-,25+/m0/s1. The lowest BCUT2D eigenvalue weighted by Crippen LogP contribution is -2.46. The topological polar surface area (TPSA) is 62.2 Å². The van der Waals surface area contributed by atoms with Crippen LogP contribution in [0.15, 0.2) is 55.4 Å². The number of nitrogens with zero attached hydrogens (tertiary/aromatic N) is 3. The van der Waals surface area contributed by atoms with Crippen LogP contribution in [0.5, 0.6) is 0 Å². The molecule has 0 saturated carbocycles. The maximum Gasteiger partial charge on any atom is 0.417 e. The molecule has 1 aliphatic rings. The van der Waals surface area contributed by atoms with E-state index in [2.05, 4.69) is 22.2 Å². The molecule has 3 aromatic rings. The van der Waals surface area contributed by atoms with Crippen LogP contribution < -0.4 is 10.6 Å². The average molecular weight is 530 g/mol. The van der Waals surface area contributed by atoms with Crippen molar-refractivity contribution in [3.05, 3.63) is 72.3 Å². The summed E-state index contributed by atoms with van der Waals surface area (Å²) in [5.41, 5.74) is -0.0428. The van der Waals surface area contributed by atoms with E-state index >= 15 is 0 Å². The summed E-state index contributed by atoms with van der Waals surface area (Å²) in [7, 11) is 1.85. The maximum atomic E-state index is 14.7. The van der Waals surface area contributed by atoms with Crippen molar-refractivity contribution in [1.29, 1.82) is 0 Å². The van der Waals surface area contributed by atoms with Crippen molar-refractivity contribution in [3.63, 3.8) is 0 Å². The normalized spacial score (nSPS) is 18.7. The lowest BCUT2D eigenvalue weighted by Gasteiger charge is -2.33. The van der Waals surface area contributed by atoms with Gasteiger partial charge in [0.2, 0.25) is 0 Å². The van der Waals surface area contributed by atoms with Gasteiger partial charge in [0.05, 0.1) is 28.6 Å². The Kier molecular flexibility index (Phi) is 8.20. The first-order valence-electron chi connectivity index (χ1n) is 12.5. The zero-order chi connectivity index (χ0) is 27.4. The molecular formula is C28H31F4N5O. The molecule has 38 heavy (non-hydrogen) atoms. The van der Waals surface area contributed by atoms with Crippen LogP contribution in [0, 0.1) is 0 Å². The van der Waals surface area contributed by atoms with Gasteiger partial charge in [-0.1, -0.05) is 24.8 Å². The summed E-state index contributed by atoms with van der Waals surface area (Å²) in [4.78, 5) is 18.5. The van der Waals surface area contributed by atoms with E-state index < -0.39 is 24.0 Å². The molecular weight excluding hydrogens is 498 g/mol. The number of allylic oxidation sites excluding steroid dienone is 1. The lowest BCUT2D eigenvalue weighted by atomic mass is 9.99. The van der Waals surface area contributed by atoms with E-state index in [-0.39, 0.29) is 35.8 Å². The Bertz CT molecular complexity index is 1350. The highest BCUT2D eigenvalue weighted by molar-refractivity contribution is 6.01. The predicted molar refractivity (Wildman–Crippen MR) is 143 cm³/mol. The number of likely N-dealkylation sites (tertiary alicyclic amines) is 1. The highest BCUT2D eigenvalue weighted by Gasteiger charge is 2.35. The van der Waals surface area contributed by atoms with Crippen molar-refractivity contribution < 1.29 is 22.4 Å². The van der Waals surface area contributed by atoms with Crippen LogP contribution >= 0.6 is 0 Å². The van der Waals surface area contributed by atoms with Crippen LogP contribution in [0.25, 0.3) is 22.4 Å². The number of carbonyl (C=O) groups is 1. The first-order chi connectivity index (χ1) is 18.1. The number of hydrogen-bond acceptors (Lipinski definition) is 4. The Hall–Kier alpha value is -3.66. The van der Waals surface area contributed by atoms with Crippen LogP contribution in [-0.4, -0.2) is 65.4 Å². The van der Waals surface area contributed by atoms with Gasteiger partial charge in [-0.2, -0.15) is 13.2 Å². The molecule has 0 spiro atoms. The molecule has 0 radical (unpaired) electrons. The Balaban J connectivity index is 1.62. The minimum Gasteiger partial charge on any atom is -0.379 e. The highest BCUT2D eigenvalue weighted by atomic mass is 19.4. The number of rotatable bonds is 8. The monoisotopic (exact) mass is 529 g/mol. The Morgan fingerprint density at radius 2 is 2.05 bits per heavy atom. The van der Waals surface area contributed by atoms with E-state index in [1.165, 1.54) is 0 Å². The molecule has 0 unspecified atom stereocenters. The second kappa shape index (κ2) is 11.4. The molecule has 2 N–H and O–H groups in total. The molecule has 1 fully saturated rings. The van der Waals surface area contributed by atoms with Crippen molar-refractivity contribution in [2.45, 2.75) is 38.3 Å². The maximum absolute atomic E-state index is 14.7. The number of hydrogen-bond donors (Lipinski definition) is 2. The summed E-state index contributed by atoms with van der Waals surface area (Å²) in [5, 5.41) is 6.72. The van der Waals surface area contributed by atoms with Gasteiger partial charge in [-0.3, -0.25) is 4.79 Å². The van der Waals surface area contributed by atoms with E-state index in [0.29, 0.717) is 29.6 Å². The molecule has 6 nitrogen and oxygen atoms in total. The molecule has 2 atom stereocenters. The number of benzene rings is 1. The van der Waals surface area contributed by atoms with E-state index in [4.69, 9.17) is 0 Å². The summed E-state index contributed by atoms with van der Waals surface area (Å²) in [5.74, 6) is -0.259. The van der Waals surface area contributed by atoms with Crippen molar-refractivity contribution in [2.75, 3.05) is 32.0 Å². The zero-order valence-corrected chi connectivity index (χ0v) is 21.4. The van der Waals surface area contributed by atoms with Crippen molar-refractivity contribution in [2.24, 2.45) is 0 Å². The largest absolute Gasteiger partial charge is 0.417 e. The van der Waals surface area contributed by atoms with Crippen LogP contribution in [-0.2, 0) is 6.54 Å². The van der Waals surface area contributed by atoms with Gasteiger partial charge in [0.25, 0.3) is 5.91 Å². The van der Waals surface area contributed by atoms with E-state index in [9.17, 15) is 22.4 Å². The molecule has 0 bridgehead atoms. The first-order valence-corrected chi connectivity index (χ1v) is 12.5. The summed E-state index contributed by atoms with van der Waals surface area (Å²) in [6.07, 6.45) is 1.48. The van der Waals surface area contributed by atoms with Gasteiger partial charge in [-0.05, 0) is 44.7 Å². The zero-order valence-electron chi connectivity index (χ0n) is 21.4. The SMILES string of the molecule is C=C(c1nc(/C=C/CNC(=O)c2ccn(CC)c2)cc2c(N[C@@H]3CCN(C)C[C@@H]3F)cccc12)C(F)(F)F. The summed E-state index contributed by atoms with van der Waals surface area (Å²) in [6.45, 7) is 7.12. The smallest absolute Gasteiger partial charge is 0.379 e. The van der Waals surface area contributed by atoms with Gasteiger partial charge in [0, 0.05) is 55.0 Å². The number of piperidine rings is 1. The third kappa shape index (κ3) is 6.24. The fraction of sp³-hybridized carbons (Fsp3) is 0.357. The van der Waals surface area contributed by atoms with Gasteiger partial charge < -0.3 is 20.1 Å². The second-order valence-corrected chi connectivity index (χ2v) is 9.43. The Labute approximate surface area is 219 Å². The number of carbonyl (C=O) groups excluding carboxylic acids is 1. The number of amides is 1. The summed E-state index contributed by atoms with van der Waals surface area (Å²) >= 11 is 0. The van der Waals surface area contributed by atoms with E-state index in [0.717, 1.165) is 6.54 Å². The number of anilines is 1. The molecule has 202 valence electrons. The molecule has 10 heteroatoms. The summed E-state index contributed by atoms with van der Waals surface area (Å²) < 4.78 is 57.6. The van der Waals surface area contributed by atoms with Gasteiger partial charge in [0.1, 0.15) is 6.17 Å². The Morgan fingerprint density at radius 3 is 2.74 bits per heavy atom. The number of fused-ring (bicyclic) bond motifs is 1. The van der Waals surface area contributed by atoms with Gasteiger partial charge in [-0.25, -0.2) is 9.37 Å². The molecule has 1 amide bonds. The third-order valence-electron chi connectivity index (χ3n) is 6.65. The number of aromatic nitrogens is 2. The molecule has 4 rings (SSSR count). The van der Waals surface area contributed by atoms with Crippen LogP contribution in [0.4, 0.5) is 23.2 Å². The van der Waals surface area contributed by atoms with Gasteiger partial charge in [-0.15, -0.1) is 0 Å². The minimum atomic E-state index is -4.67. The third-order valence-corrected chi connectivity index (χ3v) is 6.65. The van der Waals surface area contributed by atoms with Crippen molar-refractivity contribution in [1.82, 2.24) is 19.8 Å². The molecule has 1 aliphatic heterocycles. The molecule has 1 aromatic carbocycles. The van der Waals surface area contributed by atoms with Crippen LogP contribution in [0.1, 0.15) is 35.1 Å². The van der Waals surface area contributed by atoms with E-state index in [1.807, 2.05) is 23.4 Å². The molecule has 2 aromatic heterocycles. The number of aryl methyl sites for hydroxylation is 1. The Morgan fingerprint density at radius 1 is 1.26 bits per heavy atom. The molecule has 1 saturated heterocycles. The fourth-order valence-electron chi connectivity index (χ4n) is 4.50. The number of halogens is 4. The van der Waals surface area contributed by atoms with Crippen molar-refractivity contribution in [3.8, 4) is 0 Å². The van der Waals surface area contributed by atoms with Crippen LogP contribution in [0.2, 0.25) is 0 Å². The van der Waals surface area contributed by atoms with Gasteiger partial charge >= 0.3 is 6.18 Å². The fourth-order valence-corrected chi connectivity index (χ4v) is 4.50. The molecule has 3 heterocycles. The minimum absolute atomic E-state index is 0.157. The predicted octanol–water partition coefficient (Wildman–Crippen LogP) is 5.53. The number of alkyl halides is 4. The van der Waals surface area contributed by atoms with Crippen molar-refractivity contribution >= 4 is 34.0 Å². The molecule has 0 aliphatic carbocycles. The quantitative estimate of drug-likeness (QED) is 0.377. The number of pyridine rings is 1. The second-order valence-electron chi connectivity index (χ2n) is 9.43. The van der Waals surface area contributed by atoms with Gasteiger partial charge in [0.15, 0.2) is 0 Å². The highest BCUT2D eigenvalue weighted by Crippen LogP contribution is 2.37. The number of nitrogens with one attached hydrogen (secondary N) is 2. The van der Waals surface area contributed by atoms with Crippen LogP contribution in [0.3, 0.4) is 0 Å². The van der Waals surface area contributed by atoms with E-state index in [1.54, 1.807) is 54.9 Å². The first kappa shape index (κ1) is 27.4. The summed E-state index contributed by atoms with van der Waals surface area (Å²) in [6, 6.07) is 7.81. The average Bonchev–Trinajstić information content (AvgIpc) is 3.36. The lowest BCUT2D eigenvalue weighted by molar-refractivity contribution is -0.0688.